The summed E-state index contributed by atoms with van der Waals surface area (Å²) in [7, 11) is 1.65. The molecule has 0 saturated heterocycles. The Hall–Kier alpha value is -0.610. The molecular weight excluding hydrogens is 204 g/mol. The molecule has 0 aromatic heterocycles. The maximum absolute atomic E-state index is 12.1. The lowest BCUT2D eigenvalue weighted by atomic mass is 10.0. The number of nitrogens with two attached hydrogens (primary N) is 1. The molecule has 0 unspecified atom stereocenters. The lowest BCUT2D eigenvalue weighted by molar-refractivity contribution is -0.137. The molecule has 1 fully saturated rings. The maximum Gasteiger partial charge on any atom is 0.225 e. The molecule has 0 aromatic rings. The minimum absolute atomic E-state index is 0.197. The average Bonchev–Trinajstić information content (AvgIpc) is 3.02. The summed E-state index contributed by atoms with van der Waals surface area (Å²) in [6, 6.07) is 0.465. The van der Waals surface area contributed by atoms with Gasteiger partial charge in [-0.25, -0.2) is 0 Å². The SMILES string of the molecule is COC(C)(C)CC(=O)N(CCCN)C1CC1. The van der Waals surface area contributed by atoms with Crippen molar-refractivity contribution < 1.29 is 9.53 Å². The number of carbonyl (C=O) groups excluding carboxylic acids is 1. The first-order valence-electron chi connectivity index (χ1n) is 6.05. The predicted molar refractivity (Wildman–Crippen MR) is 64.1 cm³/mol. The number of amides is 1. The fourth-order valence-corrected chi connectivity index (χ4v) is 1.70. The van der Waals surface area contributed by atoms with Crippen LogP contribution in [-0.2, 0) is 9.53 Å². The molecule has 4 heteroatoms. The molecule has 4 nitrogen and oxygen atoms in total. The highest BCUT2D eigenvalue weighted by molar-refractivity contribution is 5.77. The van der Waals surface area contributed by atoms with Gasteiger partial charge in [-0.1, -0.05) is 0 Å². The van der Waals surface area contributed by atoms with Crippen LogP contribution >= 0.6 is 0 Å². The molecule has 2 N–H and O–H groups in total. The molecule has 1 amide bonds. The van der Waals surface area contributed by atoms with Crippen molar-refractivity contribution in [1.82, 2.24) is 4.90 Å². The summed E-state index contributed by atoms with van der Waals surface area (Å²) < 4.78 is 5.29. The second-order valence-electron chi connectivity index (χ2n) is 5.10. The van der Waals surface area contributed by atoms with Crippen LogP contribution in [0.2, 0.25) is 0 Å². The zero-order chi connectivity index (χ0) is 12.2. The summed E-state index contributed by atoms with van der Waals surface area (Å²) >= 11 is 0. The van der Waals surface area contributed by atoms with Gasteiger partial charge in [0.25, 0.3) is 0 Å². The molecule has 0 spiro atoms. The van der Waals surface area contributed by atoms with Crippen LogP contribution in [0.25, 0.3) is 0 Å². The molecule has 1 aliphatic rings. The monoisotopic (exact) mass is 228 g/mol. The minimum Gasteiger partial charge on any atom is -0.378 e. The maximum atomic E-state index is 12.1. The Morgan fingerprint density at radius 1 is 1.50 bits per heavy atom. The van der Waals surface area contributed by atoms with E-state index in [1.807, 2.05) is 18.7 Å². The van der Waals surface area contributed by atoms with Crippen LogP contribution in [0.4, 0.5) is 0 Å². The molecule has 1 rings (SSSR count). The summed E-state index contributed by atoms with van der Waals surface area (Å²) in [5.74, 6) is 0.197. The van der Waals surface area contributed by atoms with Gasteiger partial charge in [0.05, 0.1) is 12.0 Å². The molecule has 0 radical (unpaired) electrons. The Bertz CT molecular complexity index is 237. The molecule has 0 atom stereocenters. The van der Waals surface area contributed by atoms with Crippen molar-refractivity contribution >= 4 is 5.91 Å². The average molecular weight is 228 g/mol. The molecule has 16 heavy (non-hydrogen) atoms. The molecule has 94 valence electrons. The molecular formula is C12H24N2O2. The normalized spacial score (nSPS) is 16.2. The van der Waals surface area contributed by atoms with Crippen molar-refractivity contribution in [3.8, 4) is 0 Å². The van der Waals surface area contributed by atoms with Gasteiger partial charge in [0.15, 0.2) is 0 Å². The van der Waals surface area contributed by atoms with Gasteiger partial charge < -0.3 is 15.4 Å². The first-order valence-corrected chi connectivity index (χ1v) is 6.05. The van der Waals surface area contributed by atoms with Crippen molar-refractivity contribution in [3.05, 3.63) is 0 Å². The topological polar surface area (TPSA) is 55.6 Å². The number of hydrogen-bond acceptors (Lipinski definition) is 3. The Kier molecular flexibility index (Phi) is 4.74. The van der Waals surface area contributed by atoms with Crippen LogP contribution in [0.1, 0.15) is 39.5 Å². The van der Waals surface area contributed by atoms with E-state index in [9.17, 15) is 4.79 Å². The van der Waals surface area contributed by atoms with Gasteiger partial charge in [0.2, 0.25) is 5.91 Å². The quantitative estimate of drug-likeness (QED) is 0.711. The summed E-state index contributed by atoms with van der Waals surface area (Å²) in [4.78, 5) is 14.1. The summed E-state index contributed by atoms with van der Waals surface area (Å²) in [6.07, 6.45) is 3.62. The molecule has 1 aliphatic carbocycles. The fraction of sp³-hybridized carbons (Fsp3) is 0.917. The molecule has 0 heterocycles. The lowest BCUT2D eigenvalue weighted by Gasteiger charge is -2.28. The van der Waals surface area contributed by atoms with Gasteiger partial charge in [-0.3, -0.25) is 4.79 Å². The van der Waals surface area contributed by atoms with Gasteiger partial charge in [0, 0.05) is 19.7 Å². The summed E-state index contributed by atoms with van der Waals surface area (Å²) in [5.41, 5.74) is 5.12. The Labute approximate surface area is 98.1 Å². The van der Waals surface area contributed by atoms with Crippen molar-refractivity contribution in [2.45, 2.75) is 51.2 Å². The third-order valence-corrected chi connectivity index (χ3v) is 3.04. The van der Waals surface area contributed by atoms with Crippen LogP contribution in [0.5, 0.6) is 0 Å². The summed E-state index contributed by atoms with van der Waals surface area (Å²) in [6.45, 7) is 5.32. The smallest absolute Gasteiger partial charge is 0.225 e. The van der Waals surface area contributed by atoms with Gasteiger partial charge in [-0.2, -0.15) is 0 Å². The van der Waals surface area contributed by atoms with Crippen molar-refractivity contribution in [1.29, 1.82) is 0 Å². The number of rotatable bonds is 7. The van der Waals surface area contributed by atoms with Crippen LogP contribution in [0, 0.1) is 0 Å². The highest BCUT2D eigenvalue weighted by Crippen LogP contribution is 2.28. The zero-order valence-electron chi connectivity index (χ0n) is 10.7. The first kappa shape index (κ1) is 13.5. The molecule has 0 bridgehead atoms. The van der Waals surface area contributed by atoms with E-state index in [2.05, 4.69) is 0 Å². The number of ether oxygens (including phenoxy) is 1. The lowest BCUT2D eigenvalue weighted by Crippen LogP contribution is -2.39. The number of nitrogens with zero attached hydrogens (tertiary/aromatic N) is 1. The van der Waals surface area contributed by atoms with E-state index in [-0.39, 0.29) is 11.5 Å². The number of carbonyl (C=O) groups is 1. The van der Waals surface area contributed by atoms with Gasteiger partial charge in [-0.15, -0.1) is 0 Å². The van der Waals surface area contributed by atoms with Gasteiger partial charge in [0.1, 0.15) is 0 Å². The van der Waals surface area contributed by atoms with Crippen molar-refractivity contribution in [3.63, 3.8) is 0 Å². The predicted octanol–water partition coefficient (Wildman–Crippen LogP) is 1.14. The van der Waals surface area contributed by atoms with E-state index >= 15 is 0 Å². The van der Waals surface area contributed by atoms with Crippen LogP contribution in [0.3, 0.4) is 0 Å². The number of methoxy groups -OCH3 is 1. The standard InChI is InChI=1S/C12H24N2O2/c1-12(2,16-3)9-11(15)14(8-4-7-13)10-5-6-10/h10H,4-9,13H2,1-3H3. The highest BCUT2D eigenvalue weighted by atomic mass is 16.5. The third kappa shape index (κ3) is 4.10. The van der Waals surface area contributed by atoms with E-state index in [0.717, 1.165) is 25.8 Å². The van der Waals surface area contributed by atoms with Crippen LogP contribution in [0.15, 0.2) is 0 Å². The second kappa shape index (κ2) is 5.64. The third-order valence-electron chi connectivity index (χ3n) is 3.04. The largest absolute Gasteiger partial charge is 0.378 e. The Morgan fingerprint density at radius 2 is 2.12 bits per heavy atom. The fourth-order valence-electron chi connectivity index (χ4n) is 1.70. The Morgan fingerprint density at radius 3 is 2.56 bits per heavy atom. The van der Waals surface area contributed by atoms with Gasteiger partial charge >= 0.3 is 0 Å². The van der Waals surface area contributed by atoms with E-state index < -0.39 is 0 Å². The highest BCUT2D eigenvalue weighted by Gasteiger charge is 2.34. The second-order valence-corrected chi connectivity index (χ2v) is 5.10. The van der Waals surface area contributed by atoms with Crippen molar-refractivity contribution in [2.75, 3.05) is 20.2 Å². The molecule has 1 saturated carbocycles. The zero-order valence-corrected chi connectivity index (χ0v) is 10.7. The van der Waals surface area contributed by atoms with Gasteiger partial charge in [-0.05, 0) is 39.7 Å². The molecule has 0 aliphatic heterocycles. The minimum atomic E-state index is -0.368. The van der Waals surface area contributed by atoms with Crippen LogP contribution in [-0.4, -0.2) is 42.6 Å². The number of hydrogen-bond donors (Lipinski definition) is 1. The first-order chi connectivity index (χ1) is 7.50. The Balaban J connectivity index is 2.47. The van der Waals surface area contributed by atoms with Crippen molar-refractivity contribution in [2.24, 2.45) is 5.73 Å². The molecule has 0 aromatic carbocycles. The van der Waals surface area contributed by atoms with E-state index in [0.29, 0.717) is 19.0 Å². The van der Waals surface area contributed by atoms with E-state index in [1.165, 1.54) is 0 Å². The van der Waals surface area contributed by atoms with E-state index in [4.69, 9.17) is 10.5 Å². The van der Waals surface area contributed by atoms with E-state index in [1.54, 1.807) is 7.11 Å². The summed E-state index contributed by atoms with van der Waals surface area (Å²) in [5, 5.41) is 0. The van der Waals surface area contributed by atoms with Crippen LogP contribution < -0.4 is 5.73 Å².